The predicted octanol–water partition coefficient (Wildman–Crippen LogP) is 4.68. The van der Waals surface area contributed by atoms with Gasteiger partial charge in [0.05, 0.1) is 12.8 Å². The standard InChI is InChI=1S/C26H27FN2O3/c1-19-6-5-7-22(16-19)32-18-21-17-20(10-11-25(21)31-2)26(30)29-14-12-28(13-15-29)24-9-4-3-8-23(24)27/h3-11,16-17H,12-15,18H2,1-2H3. The second-order valence-electron chi connectivity index (χ2n) is 7.86. The molecule has 0 bridgehead atoms. The Kier molecular flexibility index (Phi) is 6.59. The number of anilines is 1. The molecule has 5 nitrogen and oxygen atoms in total. The number of hydrogen-bond donors (Lipinski definition) is 0. The number of ether oxygens (including phenoxy) is 2. The third-order valence-corrected chi connectivity index (χ3v) is 5.67. The van der Waals surface area contributed by atoms with E-state index < -0.39 is 0 Å². The van der Waals surface area contributed by atoms with Crippen LogP contribution in [0.4, 0.5) is 10.1 Å². The van der Waals surface area contributed by atoms with E-state index in [4.69, 9.17) is 9.47 Å². The molecule has 0 unspecified atom stereocenters. The highest BCUT2D eigenvalue weighted by Crippen LogP contribution is 2.25. The first-order chi connectivity index (χ1) is 15.5. The van der Waals surface area contributed by atoms with Gasteiger partial charge in [0.2, 0.25) is 0 Å². The maximum atomic E-state index is 14.1. The molecule has 3 aromatic carbocycles. The van der Waals surface area contributed by atoms with E-state index in [-0.39, 0.29) is 11.7 Å². The quantitative estimate of drug-likeness (QED) is 0.565. The van der Waals surface area contributed by atoms with E-state index >= 15 is 0 Å². The smallest absolute Gasteiger partial charge is 0.253 e. The number of para-hydroxylation sites is 1. The molecular weight excluding hydrogens is 407 g/mol. The molecule has 0 atom stereocenters. The molecule has 4 rings (SSSR count). The summed E-state index contributed by atoms with van der Waals surface area (Å²) in [5.41, 5.74) is 3.10. The van der Waals surface area contributed by atoms with Gasteiger partial charge in [0.1, 0.15) is 23.9 Å². The van der Waals surface area contributed by atoms with Crippen molar-refractivity contribution in [1.29, 1.82) is 0 Å². The summed E-state index contributed by atoms with van der Waals surface area (Å²) in [6.07, 6.45) is 0. The van der Waals surface area contributed by atoms with Crippen molar-refractivity contribution in [2.45, 2.75) is 13.5 Å². The third kappa shape index (κ3) is 4.85. The van der Waals surface area contributed by atoms with Crippen molar-refractivity contribution in [3.63, 3.8) is 0 Å². The summed E-state index contributed by atoms with van der Waals surface area (Å²) in [6, 6.07) is 20.0. The minimum absolute atomic E-state index is 0.0438. The van der Waals surface area contributed by atoms with Crippen molar-refractivity contribution in [3.05, 3.63) is 89.2 Å². The van der Waals surface area contributed by atoms with Crippen LogP contribution in [0.5, 0.6) is 11.5 Å². The largest absolute Gasteiger partial charge is 0.496 e. The molecule has 1 saturated heterocycles. The summed E-state index contributed by atoms with van der Waals surface area (Å²) >= 11 is 0. The minimum Gasteiger partial charge on any atom is -0.496 e. The lowest BCUT2D eigenvalue weighted by Gasteiger charge is -2.36. The molecule has 32 heavy (non-hydrogen) atoms. The molecular formula is C26H27FN2O3. The Hall–Kier alpha value is -3.54. The highest BCUT2D eigenvalue weighted by Gasteiger charge is 2.24. The van der Waals surface area contributed by atoms with Crippen LogP contribution in [0.1, 0.15) is 21.5 Å². The SMILES string of the molecule is COc1ccc(C(=O)N2CCN(c3ccccc3F)CC2)cc1COc1cccc(C)c1. The number of methoxy groups -OCH3 is 1. The van der Waals surface area contributed by atoms with Gasteiger partial charge in [0, 0.05) is 37.3 Å². The van der Waals surface area contributed by atoms with E-state index in [2.05, 4.69) is 0 Å². The Morgan fingerprint density at radius 1 is 0.969 bits per heavy atom. The zero-order chi connectivity index (χ0) is 22.5. The van der Waals surface area contributed by atoms with Crippen LogP contribution in [0.3, 0.4) is 0 Å². The summed E-state index contributed by atoms with van der Waals surface area (Å²) < 4.78 is 25.5. The molecule has 0 aliphatic carbocycles. The number of piperazine rings is 1. The Balaban J connectivity index is 1.43. The van der Waals surface area contributed by atoms with Crippen molar-refractivity contribution in [1.82, 2.24) is 4.90 Å². The number of halogens is 1. The molecule has 0 N–H and O–H groups in total. The first kappa shape index (κ1) is 21.7. The lowest BCUT2D eigenvalue weighted by atomic mass is 10.1. The van der Waals surface area contributed by atoms with E-state index in [0.717, 1.165) is 16.9 Å². The monoisotopic (exact) mass is 434 g/mol. The molecule has 1 amide bonds. The van der Waals surface area contributed by atoms with Gasteiger partial charge in [-0.2, -0.15) is 0 Å². The van der Waals surface area contributed by atoms with Crippen molar-refractivity contribution in [3.8, 4) is 11.5 Å². The molecule has 166 valence electrons. The fourth-order valence-electron chi connectivity index (χ4n) is 3.93. The summed E-state index contributed by atoms with van der Waals surface area (Å²) in [4.78, 5) is 16.9. The lowest BCUT2D eigenvalue weighted by molar-refractivity contribution is 0.0746. The van der Waals surface area contributed by atoms with Crippen LogP contribution in [0.25, 0.3) is 0 Å². The normalized spacial score (nSPS) is 13.7. The Labute approximate surface area is 188 Å². The zero-order valence-electron chi connectivity index (χ0n) is 18.4. The molecule has 1 fully saturated rings. The number of hydrogen-bond acceptors (Lipinski definition) is 4. The van der Waals surface area contributed by atoms with Gasteiger partial charge in [0.15, 0.2) is 0 Å². The van der Waals surface area contributed by atoms with E-state index in [1.54, 1.807) is 31.4 Å². The number of benzene rings is 3. The van der Waals surface area contributed by atoms with Crippen molar-refractivity contribution in [2.24, 2.45) is 0 Å². The highest BCUT2D eigenvalue weighted by molar-refractivity contribution is 5.94. The molecule has 0 saturated carbocycles. The summed E-state index contributed by atoms with van der Waals surface area (Å²) in [7, 11) is 1.61. The second kappa shape index (κ2) is 9.73. The van der Waals surface area contributed by atoms with Gasteiger partial charge in [-0.3, -0.25) is 4.79 Å². The number of carbonyl (C=O) groups excluding carboxylic acids is 1. The van der Waals surface area contributed by atoms with Gasteiger partial charge in [-0.15, -0.1) is 0 Å². The molecule has 1 aliphatic rings. The number of nitrogens with zero attached hydrogens (tertiary/aromatic N) is 2. The van der Waals surface area contributed by atoms with Crippen LogP contribution in [0.15, 0.2) is 66.7 Å². The van der Waals surface area contributed by atoms with E-state index in [1.165, 1.54) is 6.07 Å². The fraction of sp³-hybridized carbons (Fsp3) is 0.269. The van der Waals surface area contributed by atoms with Crippen LogP contribution in [0, 0.1) is 12.7 Å². The molecule has 6 heteroatoms. The zero-order valence-corrected chi connectivity index (χ0v) is 18.4. The second-order valence-corrected chi connectivity index (χ2v) is 7.86. The van der Waals surface area contributed by atoms with Crippen LogP contribution >= 0.6 is 0 Å². The van der Waals surface area contributed by atoms with Crippen LogP contribution in [-0.2, 0) is 6.61 Å². The Morgan fingerprint density at radius 3 is 2.47 bits per heavy atom. The third-order valence-electron chi connectivity index (χ3n) is 5.67. The maximum absolute atomic E-state index is 14.1. The highest BCUT2D eigenvalue weighted by atomic mass is 19.1. The van der Waals surface area contributed by atoms with Gasteiger partial charge >= 0.3 is 0 Å². The molecule has 0 radical (unpaired) electrons. The average molecular weight is 435 g/mol. The lowest BCUT2D eigenvalue weighted by Crippen LogP contribution is -2.49. The van der Waals surface area contributed by atoms with Crippen LogP contribution < -0.4 is 14.4 Å². The van der Waals surface area contributed by atoms with E-state index in [9.17, 15) is 9.18 Å². The van der Waals surface area contributed by atoms with Gasteiger partial charge in [-0.25, -0.2) is 4.39 Å². The van der Waals surface area contributed by atoms with Gasteiger partial charge in [0.25, 0.3) is 5.91 Å². The number of rotatable bonds is 6. The number of aryl methyl sites for hydroxylation is 1. The van der Waals surface area contributed by atoms with Gasteiger partial charge in [-0.05, 0) is 55.0 Å². The Bertz CT molecular complexity index is 1090. The first-order valence-electron chi connectivity index (χ1n) is 10.7. The number of amides is 1. The van der Waals surface area contributed by atoms with Crippen molar-refractivity contribution in [2.75, 3.05) is 38.2 Å². The van der Waals surface area contributed by atoms with E-state index in [0.29, 0.717) is 49.8 Å². The molecule has 1 aliphatic heterocycles. The topological polar surface area (TPSA) is 42.0 Å². The average Bonchev–Trinajstić information content (AvgIpc) is 2.82. The van der Waals surface area contributed by atoms with Gasteiger partial charge in [-0.1, -0.05) is 24.3 Å². The minimum atomic E-state index is -0.235. The first-order valence-corrected chi connectivity index (χ1v) is 10.7. The van der Waals surface area contributed by atoms with Crippen molar-refractivity contribution < 1.29 is 18.7 Å². The summed E-state index contributed by atoms with van der Waals surface area (Å²) in [5, 5.41) is 0. The summed E-state index contributed by atoms with van der Waals surface area (Å²) in [6.45, 7) is 4.56. The fourth-order valence-corrected chi connectivity index (χ4v) is 3.93. The molecule has 1 heterocycles. The van der Waals surface area contributed by atoms with Gasteiger partial charge < -0.3 is 19.3 Å². The molecule has 0 aromatic heterocycles. The molecule has 3 aromatic rings. The van der Waals surface area contributed by atoms with E-state index in [1.807, 2.05) is 53.1 Å². The van der Waals surface area contributed by atoms with Crippen molar-refractivity contribution >= 4 is 11.6 Å². The Morgan fingerprint density at radius 2 is 1.75 bits per heavy atom. The summed E-state index contributed by atoms with van der Waals surface area (Å²) in [5.74, 6) is 1.17. The number of carbonyl (C=O) groups is 1. The molecule has 0 spiro atoms. The maximum Gasteiger partial charge on any atom is 0.253 e. The van der Waals surface area contributed by atoms with Crippen LogP contribution in [-0.4, -0.2) is 44.1 Å². The van der Waals surface area contributed by atoms with Crippen LogP contribution in [0.2, 0.25) is 0 Å². The predicted molar refractivity (Wildman–Crippen MR) is 123 cm³/mol.